The van der Waals surface area contributed by atoms with Gasteiger partial charge in [-0.15, -0.1) is 0 Å². The van der Waals surface area contributed by atoms with Crippen molar-refractivity contribution in [3.05, 3.63) is 24.3 Å². The second kappa shape index (κ2) is 19.5. The summed E-state index contributed by atoms with van der Waals surface area (Å²) in [5.41, 5.74) is 0. The van der Waals surface area contributed by atoms with Gasteiger partial charge in [-0.1, -0.05) is 83.6 Å². The highest BCUT2D eigenvalue weighted by molar-refractivity contribution is 5.60. The van der Waals surface area contributed by atoms with E-state index >= 15 is 0 Å². The molecule has 0 radical (unpaired) electrons. The SMILES string of the molecule is CCCCC/C=C\C/C=C\CCCCCCCCOC(=O)OC(C)C(C)C. The van der Waals surface area contributed by atoms with Crippen molar-refractivity contribution < 1.29 is 14.3 Å². The average Bonchev–Trinajstić information content (AvgIpc) is 2.64. The zero-order valence-corrected chi connectivity index (χ0v) is 18.4. The Kier molecular flexibility index (Phi) is 18.6. The molecule has 3 nitrogen and oxygen atoms in total. The molecule has 1 atom stereocenters. The van der Waals surface area contributed by atoms with Crippen LogP contribution in [0.25, 0.3) is 0 Å². The Morgan fingerprint density at radius 2 is 1.33 bits per heavy atom. The van der Waals surface area contributed by atoms with Gasteiger partial charge in [0, 0.05) is 0 Å². The number of allylic oxidation sites excluding steroid dienone is 4. The van der Waals surface area contributed by atoms with Crippen molar-refractivity contribution in [2.45, 2.75) is 111 Å². The Bertz CT molecular complexity index is 385. The van der Waals surface area contributed by atoms with Crippen molar-refractivity contribution in [3.8, 4) is 0 Å². The molecule has 0 saturated carbocycles. The predicted molar refractivity (Wildman–Crippen MR) is 116 cm³/mol. The molecule has 0 spiro atoms. The van der Waals surface area contributed by atoms with E-state index in [1.165, 1.54) is 57.8 Å². The first kappa shape index (κ1) is 25.8. The molecule has 0 aromatic carbocycles. The number of unbranched alkanes of at least 4 members (excludes halogenated alkanes) is 9. The quantitative estimate of drug-likeness (QED) is 0.146. The van der Waals surface area contributed by atoms with Gasteiger partial charge in [0.1, 0.15) is 6.10 Å². The van der Waals surface area contributed by atoms with Gasteiger partial charge in [-0.3, -0.25) is 0 Å². The molecular formula is C24H44O3. The number of carbonyl (C=O) groups excluding carboxylic acids is 1. The lowest BCUT2D eigenvalue weighted by atomic mass is 10.1. The Morgan fingerprint density at radius 3 is 1.93 bits per heavy atom. The summed E-state index contributed by atoms with van der Waals surface area (Å²) < 4.78 is 10.3. The maximum absolute atomic E-state index is 11.5. The minimum Gasteiger partial charge on any atom is -0.434 e. The first-order chi connectivity index (χ1) is 13.1. The van der Waals surface area contributed by atoms with Crippen LogP contribution >= 0.6 is 0 Å². The van der Waals surface area contributed by atoms with Crippen LogP contribution < -0.4 is 0 Å². The Hall–Kier alpha value is -1.25. The number of carbonyl (C=O) groups is 1. The largest absolute Gasteiger partial charge is 0.508 e. The highest BCUT2D eigenvalue weighted by atomic mass is 16.7. The van der Waals surface area contributed by atoms with E-state index in [9.17, 15) is 4.79 Å². The Labute approximate surface area is 168 Å². The van der Waals surface area contributed by atoms with Crippen molar-refractivity contribution in [2.75, 3.05) is 6.61 Å². The molecular weight excluding hydrogens is 336 g/mol. The summed E-state index contributed by atoms with van der Waals surface area (Å²) >= 11 is 0. The molecule has 0 aliphatic carbocycles. The van der Waals surface area contributed by atoms with Crippen molar-refractivity contribution in [3.63, 3.8) is 0 Å². The molecule has 0 rings (SSSR count). The molecule has 0 aromatic heterocycles. The fourth-order valence-electron chi connectivity index (χ4n) is 2.57. The van der Waals surface area contributed by atoms with Gasteiger partial charge < -0.3 is 9.47 Å². The zero-order valence-electron chi connectivity index (χ0n) is 18.4. The summed E-state index contributed by atoms with van der Waals surface area (Å²) in [6.45, 7) is 8.67. The molecule has 0 aromatic rings. The van der Waals surface area contributed by atoms with Crippen LogP contribution in [-0.4, -0.2) is 18.9 Å². The van der Waals surface area contributed by atoms with Crippen LogP contribution in [0.3, 0.4) is 0 Å². The first-order valence-corrected chi connectivity index (χ1v) is 11.2. The third-order valence-corrected chi connectivity index (χ3v) is 4.79. The van der Waals surface area contributed by atoms with Crippen LogP contribution in [0.4, 0.5) is 4.79 Å². The van der Waals surface area contributed by atoms with Crippen LogP contribution in [0, 0.1) is 5.92 Å². The maximum atomic E-state index is 11.5. The zero-order chi connectivity index (χ0) is 20.2. The first-order valence-electron chi connectivity index (χ1n) is 11.2. The highest BCUT2D eigenvalue weighted by Gasteiger charge is 2.13. The number of rotatable bonds is 17. The minimum atomic E-state index is -0.529. The van der Waals surface area contributed by atoms with Gasteiger partial charge in [-0.2, -0.15) is 0 Å². The fourth-order valence-corrected chi connectivity index (χ4v) is 2.57. The van der Waals surface area contributed by atoms with Crippen molar-refractivity contribution in [1.82, 2.24) is 0 Å². The Morgan fingerprint density at radius 1 is 0.778 bits per heavy atom. The van der Waals surface area contributed by atoms with Crippen molar-refractivity contribution >= 4 is 6.16 Å². The molecule has 0 bridgehead atoms. The molecule has 0 saturated heterocycles. The summed E-state index contributed by atoms with van der Waals surface area (Å²) in [5.74, 6) is 0.319. The number of hydrogen-bond acceptors (Lipinski definition) is 3. The molecule has 0 aliphatic heterocycles. The molecule has 0 N–H and O–H groups in total. The second-order valence-corrected chi connectivity index (χ2v) is 7.75. The molecule has 0 fully saturated rings. The summed E-state index contributed by atoms with van der Waals surface area (Å²) in [6.07, 6.45) is 23.1. The van der Waals surface area contributed by atoms with E-state index in [1.54, 1.807) is 0 Å². The lowest BCUT2D eigenvalue weighted by molar-refractivity contribution is 0.0140. The van der Waals surface area contributed by atoms with Gasteiger partial charge in [0.05, 0.1) is 6.61 Å². The van der Waals surface area contributed by atoms with Gasteiger partial charge in [0.25, 0.3) is 0 Å². The van der Waals surface area contributed by atoms with Crippen LogP contribution in [0.5, 0.6) is 0 Å². The van der Waals surface area contributed by atoms with Crippen molar-refractivity contribution in [2.24, 2.45) is 5.92 Å². The fraction of sp³-hybridized carbons (Fsp3) is 0.792. The van der Waals surface area contributed by atoms with Gasteiger partial charge in [-0.25, -0.2) is 4.79 Å². The summed E-state index contributed by atoms with van der Waals surface area (Å²) in [6, 6.07) is 0. The average molecular weight is 381 g/mol. The number of ether oxygens (including phenoxy) is 2. The topological polar surface area (TPSA) is 35.5 Å². The normalized spacial score (nSPS) is 12.9. The van der Waals surface area contributed by atoms with E-state index in [-0.39, 0.29) is 6.10 Å². The van der Waals surface area contributed by atoms with Gasteiger partial charge >= 0.3 is 6.16 Å². The van der Waals surface area contributed by atoms with E-state index in [1.807, 2.05) is 20.8 Å². The van der Waals surface area contributed by atoms with Gasteiger partial charge in [0.2, 0.25) is 0 Å². The monoisotopic (exact) mass is 380 g/mol. The van der Waals surface area contributed by atoms with E-state index in [0.29, 0.717) is 12.5 Å². The molecule has 0 amide bonds. The standard InChI is InChI=1S/C24H44O3/c1-5-6-7-8-9-10-11-12-13-14-15-16-17-18-19-20-21-26-24(25)27-23(4)22(2)3/h9-10,12-13,22-23H,5-8,11,14-21H2,1-4H3/b10-9-,13-12-. The third-order valence-electron chi connectivity index (χ3n) is 4.79. The van der Waals surface area contributed by atoms with Gasteiger partial charge in [0.15, 0.2) is 0 Å². The van der Waals surface area contributed by atoms with Crippen molar-refractivity contribution in [1.29, 1.82) is 0 Å². The molecule has 0 heterocycles. The highest BCUT2D eigenvalue weighted by Crippen LogP contribution is 2.09. The third kappa shape index (κ3) is 19.3. The molecule has 1 unspecified atom stereocenters. The van der Waals surface area contributed by atoms with E-state index < -0.39 is 6.16 Å². The molecule has 3 heteroatoms. The van der Waals surface area contributed by atoms with E-state index in [0.717, 1.165) is 19.3 Å². The summed E-state index contributed by atoms with van der Waals surface area (Å²) in [4.78, 5) is 11.5. The molecule has 27 heavy (non-hydrogen) atoms. The van der Waals surface area contributed by atoms with Gasteiger partial charge in [-0.05, 0) is 51.4 Å². The second-order valence-electron chi connectivity index (χ2n) is 7.75. The van der Waals surface area contributed by atoms with Crippen LogP contribution in [0.15, 0.2) is 24.3 Å². The lowest BCUT2D eigenvalue weighted by Crippen LogP contribution is -2.21. The lowest BCUT2D eigenvalue weighted by Gasteiger charge is -2.16. The minimum absolute atomic E-state index is 0.0895. The summed E-state index contributed by atoms with van der Waals surface area (Å²) in [5, 5.41) is 0. The Balaban J connectivity index is 3.31. The van der Waals surface area contributed by atoms with E-state index in [2.05, 4.69) is 31.2 Å². The smallest absolute Gasteiger partial charge is 0.434 e. The molecule has 158 valence electrons. The summed E-state index contributed by atoms with van der Waals surface area (Å²) in [7, 11) is 0. The predicted octanol–water partition coefficient (Wildman–Crippen LogP) is 8.00. The van der Waals surface area contributed by atoms with E-state index in [4.69, 9.17) is 9.47 Å². The van der Waals surface area contributed by atoms with Crippen LogP contribution in [-0.2, 0) is 9.47 Å². The van der Waals surface area contributed by atoms with Crippen LogP contribution in [0.2, 0.25) is 0 Å². The maximum Gasteiger partial charge on any atom is 0.508 e. The number of hydrogen-bond donors (Lipinski definition) is 0. The van der Waals surface area contributed by atoms with Crippen LogP contribution in [0.1, 0.15) is 105 Å². The molecule has 0 aliphatic rings.